The molecule has 0 saturated heterocycles. The van der Waals surface area contributed by atoms with E-state index in [9.17, 15) is 0 Å². The highest BCUT2D eigenvalue weighted by Crippen LogP contribution is 2.56. The number of anilines is 4. The highest BCUT2D eigenvalue weighted by Gasteiger charge is 2.42. The maximum atomic E-state index is 6.65. The van der Waals surface area contributed by atoms with Crippen LogP contribution in [0.5, 0.6) is 0 Å². The van der Waals surface area contributed by atoms with Gasteiger partial charge >= 0.3 is 0 Å². The number of nitrogen functional groups attached to an aromatic ring is 1. The number of rotatable bonds is 5. The molecule has 2 aliphatic rings. The number of halogens is 4. The van der Waals surface area contributed by atoms with E-state index in [0.717, 1.165) is 92.5 Å². The van der Waals surface area contributed by atoms with Gasteiger partial charge in [0.2, 0.25) is 0 Å². The van der Waals surface area contributed by atoms with Crippen LogP contribution in [0.2, 0.25) is 15.1 Å². The lowest BCUT2D eigenvalue weighted by Crippen LogP contribution is -2.14. The van der Waals surface area contributed by atoms with E-state index in [-0.39, 0.29) is 10.8 Å². The highest BCUT2D eigenvalue weighted by molar-refractivity contribution is 9.10. The van der Waals surface area contributed by atoms with Gasteiger partial charge in [-0.15, -0.1) is 0 Å². The normalized spacial score (nSPS) is 13.0. The van der Waals surface area contributed by atoms with E-state index in [2.05, 4.69) is 229 Å². The van der Waals surface area contributed by atoms with Gasteiger partial charge in [-0.2, -0.15) is 0 Å². The molecular weight excluding hydrogens is 1280 g/mol. The van der Waals surface area contributed by atoms with E-state index in [1.54, 1.807) is 0 Å². The second kappa shape index (κ2) is 24.0. The summed E-state index contributed by atoms with van der Waals surface area (Å²) in [7, 11) is 0. The number of aryl methyl sites for hydroxylation is 2. The van der Waals surface area contributed by atoms with Crippen LogP contribution in [0.1, 0.15) is 61.1 Å². The Morgan fingerprint density at radius 2 is 0.851 bits per heavy atom. The summed E-state index contributed by atoms with van der Waals surface area (Å²) >= 11 is 22.0. The number of hydrogen-bond acceptors (Lipinski definition) is 4. The number of nitrogens with two attached hydrogens (primary N) is 1. The smallest absolute Gasteiger partial charge is 0.137 e. The third kappa shape index (κ3) is 10.4. The van der Waals surface area contributed by atoms with Crippen molar-refractivity contribution in [3.63, 3.8) is 0 Å². The minimum atomic E-state index is -0.117. The molecule has 0 aliphatic heterocycles. The molecule has 0 bridgehead atoms. The molecule has 2 aliphatic carbocycles. The number of para-hydroxylation sites is 4. The molecule has 4 aromatic heterocycles. The van der Waals surface area contributed by atoms with Crippen LogP contribution in [0.25, 0.3) is 99.6 Å². The number of hydrogen-bond donors (Lipinski definition) is 1. The average molecular weight is 1350 g/mol. The van der Waals surface area contributed by atoms with Crippen LogP contribution in [0.15, 0.2) is 280 Å². The first-order valence-electron chi connectivity index (χ1n) is 31.4. The summed E-state index contributed by atoms with van der Waals surface area (Å²) in [5, 5.41) is 9.10. The summed E-state index contributed by atoms with van der Waals surface area (Å²) in [6.07, 6.45) is 0. The summed E-state index contributed by atoms with van der Waals surface area (Å²) in [5.74, 6) is 0. The van der Waals surface area contributed by atoms with Crippen molar-refractivity contribution in [2.75, 3.05) is 10.6 Å². The largest absolute Gasteiger partial charge is 0.456 e. The van der Waals surface area contributed by atoms with Gasteiger partial charge in [0.15, 0.2) is 0 Å². The summed E-state index contributed by atoms with van der Waals surface area (Å²) in [5.41, 5.74) is 30.8. The molecule has 0 atom stereocenters. The van der Waals surface area contributed by atoms with E-state index < -0.39 is 0 Å². The van der Waals surface area contributed by atoms with Gasteiger partial charge in [0.25, 0.3) is 0 Å². The van der Waals surface area contributed by atoms with Crippen molar-refractivity contribution < 1.29 is 8.83 Å². The van der Waals surface area contributed by atoms with Gasteiger partial charge in [-0.1, -0.05) is 224 Å². The Kier molecular flexibility index (Phi) is 15.4. The molecule has 10 heteroatoms. The molecule has 0 amide bonds. The second-order valence-corrected chi connectivity index (χ2v) is 27.6. The zero-order chi connectivity index (χ0) is 64.7. The third-order valence-electron chi connectivity index (χ3n) is 18.5. The predicted molar refractivity (Wildman–Crippen MR) is 400 cm³/mol. The Labute approximate surface area is 569 Å². The van der Waals surface area contributed by atoms with Crippen LogP contribution in [0, 0.1) is 13.8 Å². The summed E-state index contributed by atoms with van der Waals surface area (Å²) in [6, 6.07) is 92.2. The van der Waals surface area contributed by atoms with Crippen molar-refractivity contribution in [1.29, 1.82) is 0 Å². The second-order valence-electron chi connectivity index (χ2n) is 25.3. The minimum Gasteiger partial charge on any atom is -0.456 e. The number of furan rings is 2. The molecule has 0 unspecified atom stereocenters. The van der Waals surface area contributed by atoms with Crippen molar-refractivity contribution in [2.24, 2.45) is 0 Å². The third-order valence-corrected chi connectivity index (χ3v) is 19.6. The predicted octanol–water partition coefficient (Wildman–Crippen LogP) is 25.4. The summed E-state index contributed by atoms with van der Waals surface area (Å²) in [6.45, 7) is 13.6. The fourth-order valence-corrected chi connectivity index (χ4v) is 15.8. The van der Waals surface area contributed by atoms with Crippen molar-refractivity contribution >= 4 is 139 Å². The first-order valence-corrected chi connectivity index (χ1v) is 33.4. The van der Waals surface area contributed by atoms with Gasteiger partial charge in [-0.05, 0) is 169 Å². The number of aromatic nitrogens is 2. The molecule has 2 N–H and O–H groups in total. The van der Waals surface area contributed by atoms with Crippen LogP contribution >= 0.6 is 50.7 Å². The van der Waals surface area contributed by atoms with Crippen molar-refractivity contribution in [2.45, 2.75) is 52.4 Å². The monoisotopic (exact) mass is 1340 g/mol. The summed E-state index contributed by atoms with van der Waals surface area (Å²) < 4.78 is 17.9. The number of fused-ring (bicyclic) bond motifs is 16. The van der Waals surface area contributed by atoms with Crippen LogP contribution in [-0.2, 0) is 10.8 Å². The van der Waals surface area contributed by atoms with Crippen LogP contribution in [-0.4, -0.2) is 9.13 Å². The van der Waals surface area contributed by atoms with E-state index in [1.807, 2.05) is 109 Å². The molecule has 18 rings (SSSR count). The average Bonchev–Trinajstić information content (AvgIpc) is 1.54. The van der Waals surface area contributed by atoms with Crippen molar-refractivity contribution in [3.05, 3.63) is 320 Å². The van der Waals surface area contributed by atoms with Crippen LogP contribution in [0.4, 0.5) is 22.7 Å². The quantitative estimate of drug-likeness (QED) is 0.174. The van der Waals surface area contributed by atoms with E-state index in [0.29, 0.717) is 5.02 Å². The van der Waals surface area contributed by atoms with Gasteiger partial charge in [0, 0.05) is 91.5 Å². The molecule has 0 radical (unpaired) electrons. The van der Waals surface area contributed by atoms with Crippen LogP contribution in [0.3, 0.4) is 0 Å². The van der Waals surface area contributed by atoms with E-state index in [4.69, 9.17) is 49.4 Å². The number of benzene rings is 12. The van der Waals surface area contributed by atoms with Gasteiger partial charge in [0.1, 0.15) is 22.3 Å². The Balaban J connectivity index is 0.000000125. The molecule has 4 heterocycles. The molecule has 16 aromatic rings. The molecule has 0 saturated carbocycles. The molecule has 0 fully saturated rings. The lowest BCUT2D eigenvalue weighted by atomic mass is 9.81. The Bertz CT molecular complexity index is 5610. The van der Waals surface area contributed by atoms with Gasteiger partial charge in [-0.3, -0.25) is 0 Å². The maximum absolute atomic E-state index is 6.65. The molecule has 460 valence electrons. The van der Waals surface area contributed by atoms with Crippen LogP contribution < -0.4 is 10.6 Å². The lowest BCUT2D eigenvalue weighted by molar-refractivity contribution is 0.666. The van der Waals surface area contributed by atoms with Gasteiger partial charge in [-0.25, -0.2) is 0 Å². The summed E-state index contributed by atoms with van der Waals surface area (Å²) in [4.78, 5) is 2.32. The fraction of sp³-hybridized carbons (Fsp3) is 0.0952. The molecule has 0 spiro atoms. The van der Waals surface area contributed by atoms with E-state index in [1.165, 1.54) is 77.7 Å². The number of nitrogens with zero attached hydrogens (tertiary/aromatic N) is 3. The van der Waals surface area contributed by atoms with E-state index >= 15 is 0 Å². The Morgan fingerprint density at radius 3 is 1.40 bits per heavy atom. The zero-order valence-electron chi connectivity index (χ0n) is 52.7. The molecule has 12 aromatic carbocycles. The fourth-order valence-electron chi connectivity index (χ4n) is 14.6. The molecule has 94 heavy (non-hydrogen) atoms. The topological polar surface area (TPSA) is 65.4 Å². The highest BCUT2D eigenvalue weighted by atomic mass is 79.9. The SMILES string of the molecule is Cc1cc(Cl)cc(-n2c3c(c4ccccc42)C(C)(C)c2ccccc2-3)c1.Cc1cc(N(c2cccc(Cl)c2)c2cccc3oc4ccccc4c23)cc(-n2c3c(c4ccccc42)C(C)(C)c2ccccc2-3)c1.Clc1cccc(Br)c1.Nc1cccc2oc3ccccc3c12. The first-order chi connectivity index (χ1) is 45.5. The Hall–Kier alpha value is -9.73. The minimum absolute atomic E-state index is 0.0234. The zero-order valence-corrected chi connectivity index (χ0v) is 56.5. The molecule has 6 nitrogen and oxygen atoms in total. The van der Waals surface area contributed by atoms with Crippen molar-refractivity contribution in [3.8, 4) is 33.9 Å². The maximum Gasteiger partial charge on any atom is 0.137 e. The standard InChI is InChI=1S/C42H31ClN2O.C24H20ClN.C12H9NO.C6H4BrCl/c1-26-22-29(44(28-13-10-12-27(43)24-28)36-19-11-21-38-39(36)33-16-6-9-20-37(33)46-38)25-30(23-26)45-35-18-8-5-15-32(35)40-41(45)31-14-4-7-17-34(31)42(40,2)3;1-15-12-16(25)14-17(13-15)26-21-11-7-5-9-19(21)22-23(26)18-8-4-6-10-20(18)24(22,2)3;13-9-5-3-7-11-12(9)8-4-1-2-6-10(8)14-11;7-5-2-1-3-6(8)4-5/h4-25H,1-3H3;4-14H,1-3H3;1-7H,13H2;1-4H. The Morgan fingerprint density at radius 1 is 0.394 bits per heavy atom. The van der Waals surface area contributed by atoms with Gasteiger partial charge < -0.3 is 28.6 Å². The first kappa shape index (κ1) is 60.5. The van der Waals surface area contributed by atoms with Gasteiger partial charge in [0.05, 0.1) is 38.9 Å². The van der Waals surface area contributed by atoms with Crippen molar-refractivity contribution in [1.82, 2.24) is 9.13 Å². The lowest BCUT2D eigenvalue weighted by Gasteiger charge is -2.27. The molecular formula is C84H64BrCl3N4O2.